The number of hydrogen-bond donors (Lipinski definition) is 1. The molecule has 0 radical (unpaired) electrons. The zero-order chi connectivity index (χ0) is 18.0. The molecule has 0 saturated carbocycles. The third-order valence-electron chi connectivity index (χ3n) is 4.06. The lowest BCUT2D eigenvalue weighted by molar-refractivity contribution is 0.0605. The van der Waals surface area contributed by atoms with Gasteiger partial charge in [-0.15, -0.1) is 0 Å². The van der Waals surface area contributed by atoms with E-state index < -0.39 is 13.6 Å². The molecule has 3 rings (SSSR count). The first-order chi connectivity index (χ1) is 12.0. The number of benzene rings is 3. The van der Waals surface area contributed by atoms with E-state index in [2.05, 4.69) is 0 Å². The third kappa shape index (κ3) is 3.45. The highest BCUT2D eigenvalue weighted by Gasteiger charge is 2.24. The van der Waals surface area contributed by atoms with Gasteiger partial charge in [-0.25, -0.2) is 4.79 Å². The van der Waals surface area contributed by atoms with Crippen molar-refractivity contribution >= 4 is 35.1 Å². The van der Waals surface area contributed by atoms with Crippen molar-refractivity contribution in [3.05, 3.63) is 59.7 Å². The lowest BCUT2D eigenvalue weighted by atomic mass is 9.94. The molecule has 1 atom stereocenters. The Morgan fingerprint density at radius 3 is 2.56 bits per heavy atom. The van der Waals surface area contributed by atoms with E-state index in [9.17, 15) is 14.3 Å². The molecule has 0 heterocycles. The van der Waals surface area contributed by atoms with Crippen LogP contribution in [-0.4, -0.2) is 24.6 Å². The van der Waals surface area contributed by atoms with E-state index in [1.165, 1.54) is 7.11 Å². The van der Waals surface area contributed by atoms with Crippen LogP contribution in [0.5, 0.6) is 0 Å². The fourth-order valence-electron chi connectivity index (χ4n) is 3.11. The van der Waals surface area contributed by atoms with Crippen molar-refractivity contribution in [3.8, 4) is 0 Å². The van der Waals surface area contributed by atoms with Crippen LogP contribution in [0.3, 0.4) is 0 Å². The second-order valence-electron chi connectivity index (χ2n) is 5.69. The Morgan fingerprint density at radius 2 is 1.84 bits per heavy atom. The molecule has 0 saturated heterocycles. The normalized spacial score (nSPS) is 13.7. The Balaban J connectivity index is 2.34. The molecule has 1 unspecified atom stereocenters. The molecule has 0 aromatic heterocycles. The van der Waals surface area contributed by atoms with Crippen molar-refractivity contribution in [3.63, 3.8) is 0 Å². The van der Waals surface area contributed by atoms with Crippen LogP contribution in [0.15, 0.2) is 48.5 Å². The van der Waals surface area contributed by atoms with Crippen LogP contribution in [0.1, 0.15) is 22.8 Å². The van der Waals surface area contributed by atoms with Crippen molar-refractivity contribution in [1.82, 2.24) is 0 Å². The van der Waals surface area contributed by atoms with Crippen molar-refractivity contribution in [2.24, 2.45) is 0 Å². The van der Waals surface area contributed by atoms with Gasteiger partial charge in [0.2, 0.25) is 0 Å². The Labute approximate surface area is 145 Å². The Morgan fingerprint density at radius 1 is 1.12 bits per heavy atom. The van der Waals surface area contributed by atoms with E-state index in [1.807, 2.05) is 36.4 Å². The van der Waals surface area contributed by atoms with Gasteiger partial charge in [0.05, 0.1) is 25.4 Å². The minimum Gasteiger partial charge on any atom is -0.465 e. The topological polar surface area (TPSA) is 72.8 Å². The molecule has 25 heavy (non-hydrogen) atoms. The molecule has 130 valence electrons. The molecule has 0 aliphatic heterocycles. The average Bonchev–Trinajstić information content (AvgIpc) is 2.59. The first-order valence-corrected chi connectivity index (χ1v) is 9.71. The number of methoxy groups -OCH3 is 1. The van der Waals surface area contributed by atoms with Gasteiger partial charge in [0.1, 0.15) is 0 Å². The molecule has 3 aromatic rings. The van der Waals surface area contributed by atoms with Crippen LogP contribution in [0.2, 0.25) is 0 Å². The molecule has 0 amide bonds. The van der Waals surface area contributed by atoms with E-state index in [4.69, 9.17) is 9.26 Å². The molecule has 5 nitrogen and oxygen atoms in total. The van der Waals surface area contributed by atoms with E-state index >= 15 is 0 Å². The molecule has 0 bridgehead atoms. The van der Waals surface area contributed by atoms with Crippen LogP contribution in [-0.2, 0) is 20.0 Å². The van der Waals surface area contributed by atoms with E-state index in [0.29, 0.717) is 16.5 Å². The first-order valence-electron chi connectivity index (χ1n) is 7.95. The summed E-state index contributed by atoms with van der Waals surface area (Å²) in [5.41, 5.74) is 0.991. The van der Waals surface area contributed by atoms with E-state index in [-0.39, 0.29) is 12.8 Å². The van der Waals surface area contributed by atoms with Crippen LogP contribution in [0, 0.1) is 0 Å². The zero-order valence-corrected chi connectivity index (χ0v) is 15.0. The Bertz CT molecular complexity index is 996. The maximum atomic E-state index is 12.5. The number of rotatable bonds is 5. The first kappa shape index (κ1) is 17.6. The van der Waals surface area contributed by atoms with Crippen molar-refractivity contribution < 1.29 is 23.5 Å². The van der Waals surface area contributed by atoms with E-state index in [0.717, 1.165) is 16.2 Å². The predicted octanol–water partition coefficient (Wildman–Crippen LogP) is 4.50. The number of carbonyl (C=O) groups excluding carboxylic acids is 1. The van der Waals surface area contributed by atoms with Crippen molar-refractivity contribution in [1.29, 1.82) is 0 Å². The van der Waals surface area contributed by atoms with Crippen LogP contribution >= 0.6 is 7.60 Å². The second-order valence-corrected chi connectivity index (χ2v) is 7.54. The minimum absolute atomic E-state index is 0.144. The van der Waals surface area contributed by atoms with E-state index in [1.54, 1.807) is 19.1 Å². The summed E-state index contributed by atoms with van der Waals surface area (Å²) in [6.45, 7) is 1.81. The molecule has 0 spiro atoms. The Hall–Kier alpha value is -2.20. The van der Waals surface area contributed by atoms with Crippen molar-refractivity contribution in [2.75, 3.05) is 13.7 Å². The molecular weight excluding hydrogens is 339 g/mol. The quantitative estimate of drug-likeness (QED) is 0.413. The molecule has 0 aliphatic rings. The van der Waals surface area contributed by atoms with Gasteiger partial charge in [0.15, 0.2) is 0 Å². The number of fused-ring (bicyclic) bond motifs is 2. The standard InChI is InChI=1S/C19H19O5P/c1-3-24-25(21,22)12-15-9-6-8-14-11-13-7-4-5-10-16(13)18(17(14)15)19(20)23-2/h4-11H,3,12H2,1-2H3,(H,21,22). The minimum atomic E-state index is -3.79. The summed E-state index contributed by atoms with van der Waals surface area (Å²) in [4.78, 5) is 22.5. The fourth-order valence-corrected chi connectivity index (χ4v) is 4.30. The van der Waals surface area contributed by atoms with Crippen LogP contribution < -0.4 is 0 Å². The highest BCUT2D eigenvalue weighted by molar-refractivity contribution is 7.52. The lowest BCUT2D eigenvalue weighted by Gasteiger charge is -2.16. The summed E-state index contributed by atoms with van der Waals surface area (Å²) in [7, 11) is -2.46. The molecule has 0 aliphatic carbocycles. The average molecular weight is 358 g/mol. The van der Waals surface area contributed by atoms with Crippen LogP contribution in [0.4, 0.5) is 0 Å². The third-order valence-corrected chi connectivity index (χ3v) is 5.47. The fraction of sp³-hybridized carbons (Fsp3) is 0.211. The number of carbonyl (C=O) groups is 1. The summed E-state index contributed by atoms with van der Waals surface area (Å²) in [5.74, 6) is -0.474. The van der Waals surface area contributed by atoms with Gasteiger partial charge < -0.3 is 14.2 Å². The summed E-state index contributed by atoms with van der Waals surface area (Å²) >= 11 is 0. The highest BCUT2D eigenvalue weighted by Crippen LogP contribution is 2.47. The van der Waals surface area contributed by atoms with Crippen LogP contribution in [0.25, 0.3) is 21.5 Å². The zero-order valence-electron chi connectivity index (χ0n) is 14.1. The van der Waals surface area contributed by atoms with Gasteiger partial charge in [-0.1, -0.05) is 42.5 Å². The molecule has 1 N–H and O–H groups in total. The lowest BCUT2D eigenvalue weighted by Crippen LogP contribution is -2.05. The molecule has 0 fully saturated rings. The summed E-state index contributed by atoms with van der Waals surface area (Å²) in [6.07, 6.45) is -0.166. The molecule has 3 aromatic carbocycles. The summed E-state index contributed by atoms with van der Waals surface area (Å²) < 4.78 is 22.2. The maximum absolute atomic E-state index is 12.5. The number of ether oxygens (including phenoxy) is 1. The number of esters is 1. The highest BCUT2D eigenvalue weighted by atomic mass is 31.2. The van der Waals surface area contributed by atoms with Gasteiger partial charge in [-0.05, 0) is 34.7 Å². The molecule has 6 heteroatoms. The van der Waals surface area contributed by atoms with Gasteiger partial charge in [-0.3, -0.25) is 4.57 Å². The smallest absolute Gasteiger partial charge is 0.339 e. The van der Waals surface area contributed by atoms with Gasteiger partial charge in [-0.2, -0.15) is 0 Å². The summed E-state index contributed by atoms with van der Waals surface area (Å²) in [6, 6.07) is 14.9. The van der Waals surface area contributed by atoms with Crippen molar-refractivity contribution in [2.45, 2.75) is 13.1 Å². The maximum Gasteiger partial charge on any atom is 0.339 e. The molecular formula is C19H19O5P. The number of hydrogen-bond acceptors (Lipinski definition) is 4. The second kappa shape index (κ2) is 6.96. The Kier molecular flexibility index (Phi) is 4.91. The van der Waals surface area contributed by atoms with Gasteiger partial charge in [0.25, 0.3) is 0 Å². The monoisotopic (exact) mass is 358 g/mol. The SMILES string of the molecule is CCOP(=O)(O)Cc1cccc2cc3ccccc3c(C(=O)OC)c12. The van der Waals surface area contributed by atoms with Gasteiger partial charge in [0, 0.05) is 5.39 Å². The predicted molar refractivity (Wildman–Crippen MR) is 97.9 cm³/mol. The summed E-state index contributed by atoms with van der Waals surface area (Å²) in [5, 5.41) is 3.10. The van der Waals surface area contributed by atoms with Gasteiger partial charge >= 0.3 is 13.6 Å². The largest absolute Gasteiger partial charge is 0.465 e.